The number of rotatable bonds is 4. The lowest BCUT2D eigenvalue weighted by Gasteiger charge is -2.44. The number of ether oxygens (including phenoxy) is 2. The van der Waals surface area contributed by atoms with Gasteiger partial charge in [0.1, 0.15) is 0 Å². The predicted octanol–water partition coefficient (Wildman–Crippen LogP) is -0.343. The van der Waals surface area contributed by atoms with E-state index in [1.807, 2.05) is 0 Å². The van der Waals surface area contributed by atoms with Crippen molar-refractivity contribution in [2.75, 3.05) is 33.0 Å². The van der Waals surface area contributed by atoms with E-state index in [1.54, 1.807) is 0 Å². The second-order valence-corrected chi connectivity index (χ2v) is 5.06. The van der Waals surface area contributed by atoms with Gasteiger partial charge in [-0.1, -0.05) is 0 Å². The third kappa shape index (κ3) is 3.39. The Bertz CT molecular complexity index is 221. The summed E-state index contributed by atoms with van der Waals surface area (Å²) in [5.74, 6) is 0. The van der Waals surface area contributed by atoms with Crippen LogP contribution in [0.15, 0.2) is 0 Å². The van der Waals surface area contributed by atoms with Gasteiger partial charge in [0.2, 0.25) is 0 Å². The average molecular weight is 245 g/mol. The summed E-state index contributed by atoms with van der Waals surface area (Å²) in [6, 6.07) is 0.112. The summed E-state index contributed by atoms with van der Waals surface area (Å²) >= 11 is 0. The highest BCUT2D eigenvalue weighted by molar-refractivity contribution is 4.92. The van der Waals surface area contributed by atoms with Crippen molar-refractivity contribution in [3.63, 3.8) is 0 Å². The maximum Gasteiger partial charge on any atom is 0.0741 e. The van der Waals surface area contributed by atoms with E-state index in [4.69, 9.17) is 19.7 Å². The van der Waals surface area contributed by atoms with Crippen LogP contribution in [0.25, 0.3) is 0 Å². The van der Waals surface area contributed by atoms with Gasteiger partial charge in [0.25, 0.3) is 0 Å². The first-order valence-corrected chi connectivity index (χ1v) is 6.47. The number of hydrogen-bond donors (Lipinski definition) is 3. The molecule has 2 saturated heterocycles. The molecule has 100 valence electrons. The van der Waals surface area contributed by atoms with Crippen LogP contribution in [0, 0.1) is 0 Å². The van der Waals surface area contributed by atoms with Gasteiger partial charge in [-0.15, -0.1) is 0 Å². The van der Waals surface area contributed by atoms with Gasteiger partial charge in [-0.2, -0.15) is 0 Å². The van der Waals surface area contributed by atoms with E-state index in [9.17, 15) is 0 Å². The molecule has 0 bridgehead atoms. The Hall–Kier alpha value is -0.200. The fraction of sp³-hybridized carbons (Fsp3) is 1.00. The van der Waals surface area contributed by atoms with E-state index in [1.165, 1.54) is 0 Å². The van der Waals surface area contributed by atoms with Gasteiger partial charge in [0.05, 0.1) is 24.9 Å². The molecular formula is C12H23NO4. The van der Waals surface area contributed by atoms with Crippen molar-refractivity contribution < 1.29 is 19.7 Å². The van der Waals surface area contributed by atoms with Crippen LogP contribution in [0.5, 0.6) is 0 Å². The molecule has 0 aromatic heterocycles. The molecule has 1 atom stereocenters. The third-order valence-electron chi connectivity index (χ3n) is 3.81. The first kappa shape index (κ1) is 13.2. The van der Waals surface area contributed by atoms with Crippen LogP contribution >= 0.6 is 0 Å². The van der Waals surface area contributed by atoms with Crippen LogP contribution in [0.2, 0.25) is 0 Å². The highest BCUT2D eigenvalue weighted by Gasteiger charge is 2.39. The van der Waals surface area contributed by atoms with Gasteiger partial charge < -0.3 is 25.0 Å². The molecule has 0 aliphatic carbocycles. The summed E-state index contributed by atoms with van der Waals surface area (Å²) in [6.07, 6.45) is 3.80. The Morgan fingerprint density at radius 1 is 1.18 bits per heavy atom. The zero-order valence-electron chi connectivity index (χ0n) is 10.2. The van der Waals surface area contributed by atoms with Crippen LogP contribution in [0.4, 0.5) is 0 Å². The van der Waals surface area contributed by atoms with E-state index in [2.05, 4.69) is 5.32 Å². The molecule has 5 heteroatoms. The Labute approximate surface area is 102 Å². The molecule has 1 unspecified atom stereocenters. The second-order valence-electron chi connectivity index (χ2n) is 5.06. The normalized spacial score (nSPS) is 28.8. The Morgan fingerprint density at radius 3 is 2.53 bits per heavy atom. The average Bonchev–Trinajstić information content (AvgIpc) is 2.37. The van der Waals surface area contributed by atoms with Crippen LogP contribution in [0.1, 0.15) is 25.7 Å². The fourth-order valence-electron chi connectivity index (χ4n) is 2.76. The maximum absolute atomic E-state index is 9.08. The number of aliphatic hydroxyl groups excluding tert-OH is 2. The zero-order chi connectivity index (χ0) is 12.1. The van der Waals surface area contributed by atoms with E-state index >= 15 is 0 Å². The first-order valence-electron chi connectivity index (χ1n) is 6.47. The summed E-state index contributed by atoms with van der Waals surface area (Å²) in [5, 5.41) is 21.5. The Morgan fingerprint density at radius 2 is 1.88 bits per heavy atom. The van der Waals surface area contributed by atoms with Crippen LogP contribution in [-0.2, 0) is 9.47 Å². The van der Waals surface area contributed by atoms with Crippen molar-refractivity contribution in [3.8, 4) is 0 Å². The lowest BCUT2D eigenvalue weighted by Crippen LogP contribution is -2.53. The van der Waals surface area contributed by atoms with Crippen LogP contribution < -0.4 is 5.32 Å². The van der Waals surface area contributed by atoms with E-state index in [0.717, 1.165) is 45.5 Å². The standard InChI is InChI=1S/C12H23NO4/c14-8-11(9-15)13-10-1-4-17-12(7-10)2-5-16-6-3-12/h10-11,13-15H,1-9H2. The maximum atomic E-state index is 9.08. The van der Waals surface area contributed by atoms with Gasteiger partial charge >= 0.3 is 0 Å². The number of hydrogen-bond acceptors (Lipinski definition) is 5. The highest BCUT2D eigenvalue weighted by atomic mass is 16.5. The van der Waals surface area contributed by atoms with Crippen molar-refractivity contribution in [1.82, 2.24) is 5.32 Å². The lowest BCUT2D eigenvalue weighted by atomic mass is 9.84. The zero-order valence-corrected chi connectivity index (χ0v) is 10.2. The van der Waals surface area contributed by atoms with Crippen molar-refractivity contribution in [2.24, 2.45) is 0 Å². The summed E-state index contributed by atoms with van der Waals surface area (Å²) < 4.78 is 11.3. The predicted molar refractivity (Wildman–Crippen MR) is 62.9 cm³/mol. The minimum atomic E-state index is -0.213. The molecule has 2 aliphatic heterocycles. The SMILES string of the molecule is OCC(CO)NC1CCOC2(CCOCC2)C1. The van der Waals surface area contributed by atoms with Crippen molar-refractivity contribution in [3.05, 3.63) is 0 Å². The fourth-order valence-corrected chi connectivity index (χ4v) is 2.76. The van der Waals surface area contributed by atoms with E-state index in [-0.39, 0.29) is 24.9 Å². The van der Waals surface area contributed by atoms with E-state index < -0.39 is 0 Å². The van der Waals surface area contributed by atoms with Gasteiger partial charge in [-0.3, -0.25) is 0 Å². The minimum absolute atomic E-state index is 0.0238. The molecule has 2 heterocycles. The molecule has 1 spiro atoms. The van der Waals surface area contributed by atoms with Crippen molar-refractivity contribution in [1.29, 1.82) is 0 Å². The van der Waals surface area contributed by atoms with E-state index in [0.29, 0.717) is 6.04 Å². The molecular weight excluding hydrogens is 222 g/mol. The Balaban J connectivity index is 1.87. The summed E-state index contributed by atoms with van der Waals surface area (Å²) in [4.78, 5) is 0. The molecule has 2 aliphatic rings. The topological polar surface area (TPSA) is 71.0 Å². The monoisotopic (exact) mass is 245 g/mol. The third-order valence-corrected chi connectivity index (χ3v) is 3.81. The largest absolute Gasteiger partial charge is 0.395 e. The minimum Gasteiger partial charge on any atom is -0.395 e. The molecule has 5 nitrogen and oxygen atoms in total. The van der Waals surface area contributed by atoms with Gasteiger partial charge in [0, 0.05) is 25.9 Å². The second kappa shape index (κ2) is 6.11. The summed E-state index contributed by atoms with van der Waals surface area (Å²) in [5.41, 5.74) is -0.0381. The Kier molecular flexibility index (Phi) is 4.76. The first-order chi connectivity index (χ1) is 8.28. The molecule has 3 N–H and O–H groups in total. The van der Waals surface area contributed by atoms with Crippen molar-refractivity contribution in [2.45, 2.75) is 43.4 Å². The van der Waals surface area contributed by atoms with Gasteiger partial charge in [-0.05, 0) is 25.7 Å². The molecule has 2 fully saturated rings. The van der Waals surface area contributed by atoms with Gasteiger partial charge in [-0.25, -0.2) is 0 Å². The lowest BCUT2D eigenvalue weighted by molar-refractivity contribution is -0.141. The summed E-state index contributed by atoms with van der Waals surface area (Å²) in [6.45, 7) is 2.25. The molecule has 0 amide bonds. The number of aliphatic hydroxyl groups is 2. The quantitative estimate of drug-likeness (QED) is 0.632. The van der Waals surface area contributed by atoms with Crippen LogP contribution in [-0.4, -0.2) is 60.9 Å². The smallest absolute Gasteiger partial charge is 0.0741 e. The molecule has 0 saturated carbocycles. The van der Waals surface area contributed by atoms with Gasteiger partial charge in [0.15, 0.2) is 0 Å². The number of nitrogens with one attached hydrogen (secondary N) is 1. The molecule has 2 rings (SSSR count). The molecule has 0 aromatic carbocycles. The molecule has 17 heavy (non-hydrogen) atoms. The molecule has 0 aromatic rings. The summed E-state index contributed by atoms with van der Waals surface area (Å²) in [7, 11) is 0. The highest BCUT2D eigenvalue weighted by Crippen LogP contribution is 2.34. The van der Waals surface area contributed by atoms with Crippen molar-refractivity contribution >= 4 is 0 Å². The molecule has 0 radical (unpaired) electrons. The van der Waals surface area contributed by atoms with Crippen LogP contribution in [0.3, 0.4) is 0 Å².